The Kier molecular flexibility index (Phi) is 3.10. The molecule has 0 aliphatic heterocycles. The number of carboxylic acid groups (broad SMARTS) is 1. The van der Waals surface area contributed by atoms with Crippen molar-refractivity contribution in [3.63, 3.8) is 0 Å². The van der Waals surface area contributed by atoms with E-state index in [-0.39, 0.29) is 6.42 Å². The Labute approximate surface area is 103 Å². The zero-order chi connectivity index (χ0) is 12.4. The van der Waals surface area contributed by atoms with Crippen LogP contribution < -0.4 is 0 Å². The van der Waals surface area contributed by atoms with Gasteiger partial charge in [0.25, 0.3) is 0 Å². The molecule has 2 rings (SSSR count). The Balaban J connectivity index is 2.47. The lowest BCUT2D eigenvalue weighted by Crippen LogP contribution is -2.09. The van der Waals surface area contributed by atoms with Gasteiger partial charge in [0.1, 0.15) is 18.1 Å². The number of aromatic nitrogens is 3. The number of aryl methyl sites for hydroxylation is 1. The van der Waals surface area contributed by atoms with Gasteiger partial charge in [-0.25, -0.2) is 9.67 Å². The van der Waals surface area contributed by atoms with Crippen LogP contribution >= 0.6 is 11.6 Å². The average Bonchev–Trinajstić information content (AvgIpc) is 2.58. The van der Waals surface area contributed by atoms with E-state index in [1.807, 2.05) is 0 Å². The number of carbonyl (C=O) groups is 1. The molecule has 0 atom stereocenters. The molecule has 2 aromatic rings. The van der Waals surface area contributed by atoms with Crippen LogP contribution in [0.1, 0.15) is 11.6 Å². The van der Waals surface area contributed by atoms with Crippen LogP contribution in [-0.2, 0) is 11.2 Å². The van der Waals surface area contributed by atoms with E-state index in [1.54, 1.807) is 31.2 Å². The fraction of sp³-hybridized carbons (Fsp3) is 0.182. The third kappa shape index (κ3) is 2.62. The molecular formula is C11H10ClN3O2. The van der Waals surface area contributed by atoms with Crippen LogP contribution in [0.2, 0.25) is 5.02 Å². The van der Waals surface area contributed by atoms with Crippen LogP contribution in [0.3, 0.4) is 0 Å². The first kappa shape index (κ1) is 11.6. The number of rotatable bonds is 3. The van der Waals surface area contributed by atoms with E-state index >= 15 is 0 Å². The lowest BCUT2D eigenvalue weighted by molar-refractivity contribution is -0.136. The van der Waals surface area contributed by atoms with E-state index in [4.69, 9.17) is 16.7 Å². The van der Waals surface area contributed by atoms with Gasteiger partial charge in [-0.2, -0.15) is 5.10 Å². The van der Waals surface area contributed by atoms with E-state index in [1.165, 1.54) is 4.68 Å². The summed E-state index contributed by atoms with van der Waals surface area (Å²) in [6.45, 7) is 1.71. The van der Waals surface area contributed by atoms with E-state index in [2.05, 4.69) is 10.1 Å². The Morgan fingerprint density at radius 3 is 2.94 bits per heavy atom. The molecule has 5 nitrogen and oxygen atoms in total. The van der Waals surface area contributed by atoms with Crippen LogP contribution in [0.5, 0.6) is 0 Å². The molecule has 0 aliphatic carbocycles. The van der Waals surface area contributed by atoms with Gasteiger partial charge >= 0.3 is 5.97 Å². The highest BCUT2D eigenvalue weighted by Crippen LogP contribution is 2.15. The number of carboxylic acids is 1. The standard InChI is InChI=1S/C11H10ClN3O2/c1-7-13-10(6-11(16)17)15(14-7)9-4-2-3-8(12)5-9/h2-5H,6H2,1H3,(H,16,17). The van der Waals surface area contributed by atoms with Gasteiger partial charge in [0.2, 0.25) is 0 Å². The SMILES string of the molecule is Cc1nc(CC(=O)O)n(-c2cccc(Cl)c2)n1. The number of hydrogen-bond donors (Lipinski definition) is 1. The van der Waals surface area contributed by atoms with Gasteiger partial charge in [0.15, 0.2) is 0 Å². The molecule has 0 amide bonds. The summed E-state index contributed by atoms with van der Waals surface area (Å²) < 4.78 is 1.50. The van der Waals surface area contributed by atoms with E-state index in [0.29, 0.717) is 22.4 Å². The number of aliphatic carboxylic acids is 1. The molecule has 1 N–H and O–H groups in total. The summed E-state index contributed by atoms with van der Waals surface area (Å²) in [4.78, 5) is 14.8. The molecule has 1 aromatic carbocycles. The largest absolute Gasteiger partial charge is 0.481 e. The van der Waals surface area contributed by atoms with Crippen molar-refractivity contribution in [3.8, 4) is 5.69 Å². The van der Waals surface area contributed by atoms with Crippen molar-refractivity contribution >= 4 is 17.6 Å². The summed E-state index contributed by atoms with van der Waals surface area (Å²) in [7, 11) is 0. The maximum Gasteiger partial charge on any atom is 0.311 e. The van der Waals surface area contributed by atoms with Gasteiger partial charge in [-0.05, 0) is 25.1 Å². The Morgan fingerprint density at radius 2 is 2.29 bits per heavy atom. The van der Waals surface area contributed by atoms with Crippen LogP contribution in [-0.4, -0.2) is 25.8 Å². The highest BCUT2D eigenvalue weighted by Gasteiger charge is 2.12. The zero-order valence-corrected chi connectivity index (χ0v) is 9.85. The van der Waals surface area contributed by atoms with Crippen molar-refractivity contribution in [1.82, 2.24) is 14.8 Å². The zero-order valence-electron chi connectivity index (χ0n) is 9.09. The minimum absolute atomic E-state index is 0.173. The van der Waals surface area contributed by atoms with Gasteiger partial charge in [-0.15, -0.1) is 0 Å². The summed E-state index contributed by atoms with van der Waals surface area (Å²) >= 11 is 5.88. The lowest BCUT2D eigenvalue weighted by atomic mass is 10.3. The summed E-state index contributed by atoms with van der Waals surface area (Å²) in [5.41, 5.74) is 0.703. The van der Waals surface area contributed by atoms with Crippen LogP contribution in [0, 0.1) is 6.92 Å². The predicted molar refractivity (Wildman–Crippen MR) is 62.4 cm³/mol. The second kappa shape index (κ2) is 4.55. The Morgan fingerprint density at radius 1 is 1.53 bits per heavy atom. The molecule has 0 saturated heterocycles. The normalized spacial score (nSPS) is 10.5. The maximum atomic E-state index is 10.7. The summed E-state index contributed by atoms with van der Waals surface area (Å²) in [5, 5.41) is 13.5. The molecular weight excluding hydrogens is 242 g/mol. The second-order valence-corrected chi connectivity index (χ2v) is 3.97. The van der Waals surface area contributed by atoms with Crippen molar-refractivity contribution in [2.75, 3.05) is 0 Å². The second-order valence-electron chi connectivity index (χ2n) is 3.54. The van der Waals surface area contributed by atoms with Gasteiger partial charge in [0, 0.05) is 5.02 Å². The quantitative estimate of drug-likeness (QED) is 0.904. The van der Waals surface area contributed by atoms with E-state index in [0.717, 1.165) is 0 Å². The summed E-state index contributed by atoms with van der Waals surface area (Å²) in [5.74, 6) is -0.0285. The molecule has 1 aromatic heterocycles. The molecule has 0 fully saturated rings. The minimum Gasteiger partial charge on any atom is -0.481 e. The molecule has 0 radical (unpaired) electrons. The molecule has 0 spiro atoms. The fourth-order valence-corrected chi connectivity index (χ4v) is 1.71. The number of halogens is 1. The summed E-state index contributed by atoms with van der Waals surface area (Å²) in [6, 6.07) is 7.03. The van der Waals surface area contributed by atoms with Gasteiger partial charge in [-0.1, -0.05) is 17.7 Å². The maximum absolute atomic E-state index is 10.7. The fourth-order valence-electron chi connectivity index (χ4n) is 1.52. The van der Waals surface area contributed by atoms with E-state index < -0.39 is 5.97 Å². The van der Waals surface area contributed by atoms with Gasteiger partial charge in [-0.3, -0.25) is 4.79 Å². The molecule has 0 unspecified atom stereocenters. The molecule has 88 valence electrons. The third-order valence-corrected chi connectivity index (χ3v) is 2.38. The number of nitrogens with zero attached hydrogens (tertiary/aromatic N) is 3. The minimum atomic E-state index is -0.944. The first-order chi connectivity index (χ1) is 8.06. The molecule has 0 saturated carbocycles. The molecule has 0 bridgehead atoms. The predicted octanol–water partition coefficient (Wildman–Crippen LogP) is 1.86. The third-order valence-electron chi connectivity index (χ3n) is 2.14. The highest BCUT2D eigenvalue weighted by atomic mass is 35.5. The lowest BCUT2D eigenvalue weighted by Gasteiger charge is -2.04. The van der Waals surface area contributed by atoms with E-state index in [9.17, 15) is 4.79 Å². The van der Waals surface area contributed by atoms with Gasteiger partial charge < -0.3 is 5.11 Å². The Bertz CT molecular complexity index is 566. The number of hydrogen-bond acceptors (Lipinski definition) is 3. The molecule has 6 heteroatoms. The van der Waals surface area contributed by atoms with Crippen molar-refractivity contribution in [2.45, 2.75) is 13.3 Å². The van der Waals surface area contributed by atoms with Crippen LogP contribution in [0.25, 0.3) is 5.69 Å². The first-order valence-corrected chi connectivity index (χ1v) is 5.34. The monoisotopic (exact) mass is 251 g/mol. The number of benzene rings is 1. The van der Waals surface area contributed by atoms with Crippen LogP contribution in [0.15, 0.2) is 24.3 Å². The van der Waals surface area contributed by atoms with Crippen LogP contribution in [0.4, 0.5) is 0 Å². The molecule has 17 heavy (non-hydrogen) atoms. The highest BCUT2D eigenvalue weighted by molar-refractivity contribution is 6.30. The summed E-state index contributed by atoms with van der Waals surface area (Å²) in [6.07, 6.45) is -0.173. The molecule has 1 heterocycles. The van der Waals surface area contributed by atoms with Gasteiger partial charge in [0.05, 0.1) is 5.69 Å². The van der Waals surface area contributed by atoms with Crippen molar-refractivity contribution in [2.24, 2.45) is 0 Å². The first-order valence-electron chi connectivity index (χ1n) is 4.96. The topological polar surface area (TPSA) is 68.0 Å². The Hall–Kier alpha value is -1.88. The van der Waals surface area contributed by atoms with Crippen molar-refractivity contribution in [1.29, 1.82) is 0 Å². The molecule has 0 aliphatic rings. The smallest absolute Gasteiger partial charge is 0.311 e. The average molecular weight is 252 g/mol. The van der Waals surface area contributed by atoms with Crippen molar-refractivity contribution in [3.05, 3.63) is 40.9 Å². The van der Waals surface area contributed by atoms with Crippen molar-refractivity contribution < 1.29 is 9.90 Å².